The molecule has 0 unspecified atom stereocenters. The molecule has 110 valence electrons. The number of nitrogens with zero attached hydrogens (tertiary/aromatic N) is 1. The van der Waals surface area contributed by atoms with Gasteiger partial charge in [0, 0.05) is 11.2 Å². The van der Waals surface area contributed by atoms with E-state index >= 15 is 0 Å². The topological polar surface area (TPSA) is 30.8 Å². The highest BCUT2D eigenvalue weighted by molar-refractivity contribution is 9.10. The van der Waals surface area contributed by atoms with Gasteiger partial charge in [0.05, 0.1) is 24.4 Å². The minimum absolute atomic E-state index is 0.649. The van der Waals surface area contributed by atoms with Gasteiger partial charge in [-0.2, -0.15) is 0 Å². The molecule has 0 N–H and O–H groups in total. The molecule has 0 heterocycles. The third-order valence-corrected chi connectivity index (χ3v) is 3.80. The summed E-state index contributed by atoms with van der Waals surface area (Å²) in [5.41, 5.74) is 2.81. The quantitative estimate of drug-likeness (QED) is 0.696. The summed E-state index contributed by atoms with van der Waals surface area (Å²) in [6.07, 6.45) is 1.77. The maximum absolute atomic E-state index is 5.99. The van der Waals surface area contributed by atoms with Crippen LogP contribution in [-0.2, 0) is 0 Å². The standard InChI is InChI=1S/C16H15BrClNO2/c1-10-4-5-12(18)8-14(10)19-9-11-6-13(17)16(21-3)15(7-11)20-2/h4-9H,1-3H3. The van der Waals surface area contributed by atoms with Crippen molar-refractivity contribution >= 4 is 39.4 Å². The molecule has 0 aliphatic carbocycles. The van der Waals surface area contributed by atoms with E-state index in [4.69, 9.17) is 21.1 Å². The molecular weight excluding hydrogens is 354 g/mol. The van der Waals surface area contributed by atoms with Crippen molar-refractivity contribution in [1.29, 1.82) is 0 Å². The molecule has 0 aromatic heterocycles. The van der Waals surface area contributed by atoms with E-state index in [2.05, 4.69) is 20.9 Å². The first-order valence-corrected chi connectivity index (χ1v) is 7.44. The second-order valence-electron chi connectivity index (χ2n) is 4.43. The molecule has 0 radical (unpaired) electrons. The van der Waals surface area contributed by atoms with Crippen LogP contribution in [0.1, 0.15) is 11.1 Å². The van der Waals surface area contributed by atoms with Crippen LogP contribution in [0.3, 0.4) is 0 Å². The highest BCUT2D eigenvalue weighted by Gasteiger charge is 2.09. The van der Waals surface area contributed by atoms with Crippen LogP contribution in [0.4, 0.5) is 5.69 Å². The van der Waals surface area contributed by atoms with E-state index in [1.54, 1.807) is 20.4 Å². The fourth-order valence-electron chi connectivity index (χ4n) is 1.88. The van der Waals surface area contributed by atoms with Crippen LogP contribution < -0.4 is 9.47 Å². The number of aryl methyl sites for hydroxylation is 1. The molecule has 0 bridgehead atoms. The van der Waals surface area contributed by atoms with Gasteiger partial charge in [-0.25, -0.2) is 0 Å². The lowest BCUT2D eigenvalue weighted by Crippen LogP contribution is -1.93. The molecule has 2 rings (SSSR count). The van der Waals surface area contributed by atoms with Gasteiger partial charge < -0.3 is 9.47 Å². The average Bonchev–Trinajstić information content (AvgIpc) is 2.47. The van der Waals surface area contributed by atoms with Crippen LogP contribution >= 0.6 is 27.5 Å². The number of halogens is 2. The molecule has 2 aromatic rings. The van der Waals surface area contributed by atoms with Gasteiger partial charge in [0.15, 0.2) is 11.5 Å². The zero-order valence-corrected chi connectivity index (χ0v) is 14.3. The van der Waals surface area contributed by atoms with E-state index in [0.717, 1.165) is 21.3 Å². The fourth-order valence-corrected chi connectivity index (χ4v) is 2.67. The van der Waals surface area contributed by atoms with Gasteiger partial charge in [-0.15, -0.1) is 0 Å². The molecule has 5 heteroatoms. The summed E-state index contributed by atoms with van der Waals surface area (Å²) in [5.74, 6) is 1.31. The highest BCUT2D eigenvalue weighted by atomic mass is 79.9. The second kappa shape index (κ2) is 6.96. The van der Waals surface area contributed by atoms with Gasteiger partial charge in [-0.05, 0) is 58.2 Å². The summed E-state index contributed by atoms with van der Waals surface area (Å²) < 4.78 is 11.4. The van der Waals surface area contributed by atoms with Crippen molar-refractivity contribution in [3.8, 4) is 11.5 Å². The monoisotopic (exact) mass is 367 g/mol. The maximum atomic E-state index is 5.99. The Morgan fingerprint density at radius 3 is 2.57 bits per heavy atom. The first kappa shape index (κ1) is 15.9. The zero-order valence-electron chi connectivity index (χ0n) is 12.0. The summed E-state index contributed by atoms with van der Waals surface area (Å²) in [6.45, 7) is 1.99. The van der Waals surface area contributed by atoms with Gasteiger partial charge in [-0.3, -0.25) is 4.99 Å². The van der Waals surface area contributed by atoms with Gasteiger partial charge in [0.25, 0.3) is 0 Å². The van der Waals surface area contributed by atoms with Crippen LogP contribution in [0, 0.1) is 6.92 Å². The van der Waals surface area contributed by atoms with Crippen molar-refractivity contribution in [1.82, 2.24) is 0 Å². The smallest absolute Gasteiger partial charge is 0.174 e. The van der Waals surface area contributed by atoms with Crippen molar-refractivity contribution in [2.75, 3.05) is 14.2 Å². The second-order valence-corrected chi connectivity index (χ2v) is 5.72. The number of aliphatic imine (C=N–C) groups is 1. The molecular formula is C16H15BrClNO2. The highest BCUT2D eigenvalue weighted by Crippen LogP contribution is 2.36. The van der Waals surface area contributed by atoms with Gasteiger partial charge in [-0.1, -0.05) is 17.7 Å². The Balaban J connectivity index is 2.37. The fraction of sp³-hybridized carbons (Fsp3) is 0.188. The molecule has 0 aliphatic heterocycles. The summed E-state index contributed by atoms with van der Waals surface area (Å²) in [6, 6.07) is 9.42. The molecule has 2 aromatic carbocycles. The summed E-state index contributed by atoms with van der Waals surface area (Å²) >= 11 is 9.46. The number of rotatable bonds is 4. The Kier molecular flexibility index (Phi) is 5.26. The third kappa shape index (κ3) is 3.77. The van der Waals surface area contributed by atoms with Crippen LogP contribution in [0.5, 0.6) is 11.5 Å². The molecule has 0 saturated heterocycles. The lowest BCUT2D eigenvalue weighted by atomic mass is 10.2. The van der Waals surface area contributed by atoms with E-state index in [1.807, 2.05) is 37.3 Å². The van der Waals surface area contributed by atoms with E-state index in [1.165, 1.54) is 0 Å². The SMILES string of the molecule is COc1cc(C=Nc2cc(Cl)ccc2C)cc(Br)c1OC. The van der Waals surface area contributed by atoms with E-state index in [9.17, 15) is 0 Å². The molecule has 3 nitrogen and oxygen atoms in total. The van der Waals surface area contributed by atoms with Crippen molar-refractivity contribution in [2.45, 2.75) is 6.92 Å². The maximum Gasteiger partial charge on any atom is 0.174 e. The van der Waals surface area contributed by atoms with Crippen molar-refractivity contribution in [3.05, 3.63) is 51.0 Å². The first-order valence-electron chi connectivity index (χ1n) is 6.27. The number of benzene rings is 2. The van der Waals surface area contributed by atoms with Crippen LogP contribution in [-0.4, -0.2) is 20.4 Å². The molecule has 0 saturated carbocycles. The van der Waals surface area contributed by atoms with Gasteiger partial charge >= 0.3 is 0 Å². The van der Waals surface area contributed by atoms with Gasteiger partial charge in [0.2, 0.25) is 0 Å². The van der Waals surface area contributed by atoms with Gasteiger partial charge in [0.1, 0.15) is 0 Å². The van der Waals surface area contributed by atoms with Crippen molar-refractivity contribution in [2.24, 2.45) is 4.99 Å². The predicted octanol–water partition coefficient (Wildman–Crippen LogP) is 5.18. The van der Waals surface area contributed by atoms with Crippen LogP contribution in [0.25, 0.3) is 0 Å². The number of ether oxygens (including phenoxy) is 2. The van der Waals surface area contributed by atoms with E-state index in [-0.39, 0.29) is 0 Å². The summed E-state index contributed by atoms with van der Waals surface area (Å²) in [7, 11) is 3.21. The Hall–Kier alpha value is -1.52. The summed E-state index contributed by atoms with van der Waals surface area (Å²) in [4.78, 5) is 4.48. The average molecular weight is 369 g/mol. The van der Waals surface area contributed by atoms with Crippen LogP contribution in [0.15, 0.2) is 39.8 Å². The normalized spacial score (nSPS) is 10.9. The number of methoxy groups -OCH3 is 2. The minimum Gasteiger partial charge on any atom is -0.493 e. The minimum atomic E-state index is 0.649. The Bertz CT molecular complexity index is 686. The van der Waals surface area contributed by atoms with Crippen molar-refractivity contribution in [3.63, 3.8) is 0 Å². The van der Waals surface area contributed by atoms with Crippen LogP contribution in [0.2, 0.25) is 5.02 Å². The molecule has 0 fully saturated rings. The van der Waals surface area contributed by atoms with E-state index in [0.29, 0.717) is 16.5 Å². The number of hydrogen-bond acceptors (Lipinski definition) is 3. The van der Waals surface area contributed by atoms with Crippen molar-refractivity contribution < 1.29 is 9.47 Å². The Morgan fingerprint density at radius 1 is 1.14 bits per heavy atom. The van der Waals surface area contributed by atoms with E-state index < -0.39 is 0 Å². The number of hydrogen-bond donors (Lipinski definition) is 0. The third-order valence-electron chi connectivity index (χ3n) is 2.98. The molecule has 0 amide bonds. The Labute approximate surface area is 137 Å². The largest absolute Gasteiger partial charge is 0.493 e. The summed E-state index contributed by atoms with van der Waals surface area (Å²) in [5, 5.41) is 0.668. The molecule has 0 spiro atoms. The first-order chi connectivity index (χ1) is 10.0. The molecule has 0 aliphatic rings. The lowest BCUT2D eigenvalue weighted by Gasteiger charge is -2.10. The zero-order chi connectivity index (χ0) is 15.4. The Morgan fingerprint density at radius 2 is 1.90 bits per heavy atom. The molecule has 0 atom stereocenters. The lowest BCUT2D eigenvalue weighted by molar-refractivity contribution is 0.353. The molecule has 21 heavy (non-hydrogen) atoms. The predicted molar refractivity (Wildman–Crippen MR) is 90.7 cm³/mol.